The molecule has 0 fully saturated rings. The first-order chi connectivity index (χ1) is 14.0. The molecular weight excluding hydrogens is 384 g/mol. The van der Waals surface area contributed by atoms with Gasteiger partial charge in [0.05, 0.1) is 19.8 Å². The van der Waals surface area contributed by atoms with E-state index in [1.165, 1.54) is 32.1 Å². The zero-order valence-corrected chi connectivity index (χ0v) is 17.0. The van der Waals surface area contributed by atoms with E-state index in [-0.39, 0.29) is 12.4 Å². The summed E-state index contributed by atoms with van der Waals surface area (Å²) in [4.78, 5) is 23.8. The Morgan fingerprint density at radius 2 is 1.59 bits per heavy atom. The zero-order valence-electron chi connectivity index (χ0n) is 17.0. The van der Waals surface area contributed by atoms with Crippen molar-refractivity contribution in [3.63, 3.8) is 0 Å². The average Bonchev–Trinajstić information content (AvgIpc) is 3.03. The molecule has 0 radical (unpaired) electrons. The fraction of sp³-hybridized carbons (Fsp3) is 0.800. The van der Waals surface area contributed by atoms with Gasteiger partial charge in [-0.3, -0.25) is 0 Å². The van der Waals surface area contributed by atoms with Crippen LogP contribution in [-0.2, 0) is 23.8 Å². The van der Waals surface area contributed by atoms with E-state index in [0.29, 0.717) is 6.42 Å². The number of hydrogen-bond donors (Lipinski definition) is 4. The topological polar surface area (TPSA) is 143 Å². The Kier molecular flexibility index (Phi) is 12.5. The van der Waals surface area contributed by atoms with Crippen LogP contribution in [0.1, 0.15) is 64.7 Å². The van der Waals surface area contributed by atoms with Crippen LogP contribution in [0.5, 0.6) is 0 Å². The van der Waals surface area contributed by atoms with Crippen LogP contribution in [0.3, 0.4) is 0 Å². The molecule has 0 spiro atoms. The summed E-state index contributed by atoms with van der Waals surface area (Å²) in [6, 6.07) is 0. The van der Waals surface area contributed by atoms with Gasteiger partial charge in [0.15, 0.2) is 12.2 Å². The third-order valence-corrected chi connectivity index (χ3v) is 4.59. The summed E-state index contributed by atoms with van der Waals surface area (Å²) in [5, 5.41) is 37.1. The third kappa shape index (κ3) is 8.69. The van der Waals surface area contributed by atoms with Gasteiger partial charge < -0.3 is 34.6 Å². The van der Waals surface area contributed by atoms with E-state index in [1.807, 2.05) is 0 Å². The van der Waals surface area contributed by atoms with Crippen molar-refractivity contribution >= 4 is 11.9 Å². The Labute approximate surface area is 171 Å². The Morgan fingerprint density at radius 3 is 2.14 bits per heavy atom. The van der Waals surface area contributed by atoms with E-state index in [2.05, 4.69) is 6.92 Å². The molecule has 1 rings (SSSR count). The van der Waals surface area contributed by atoms with Gasteiger partial charge in [-0.2, -0.15) is 0 Å². The molecule has 0 saturated heterocycles. The minimum Gasteiger partial charge on any atom is -0.484 e. The van der Waals surface area contributed by atoms with Crippen molar-refractivity contribution in [3.05, 3.63) is 11.5 Å². The lowest BCUT2D eigenvalue weighted by atomic mass is 10.1. The van der Waals surface area contributed by atoms with Gasteiger partial charge in [-0.25, -0.2) is 9.59 Å². The standard InChI is InChI=1S/C20H34O9/c1-2-3-4-5-6-7-8-9-10-11-27-18-17(29-19(25)15(24)13-22)16(14(23)12-21)28-20(18)26/h14-16,21-24H,2-13H2,1H3/t14-,15?,16+/m0/s1. The van der Waals surface area contributed by atoms with Crippen LogP contribution < -0.4 is 0 Å². The van der Waals surface area contributed by atoms with Crippen LogP contribution in [0, 0.1) is 0 Å². The zero-order chi connectivity index (χ0) is 21.6. The van der Waals surface area contributed by atoms with Gasteiger partial charge in [-0.1, -0.05) is 58.3 Å². The fourth-order valence-electron chi connectivity index (χ4n) is 2.87. The van der Waals surface area contributed by atoms with Crippen molar-refractivity contribution in [2.45, 2.75) is 83.0 Å². The molecule has 168 valence electrons. The largest absolute Gasteiger partial charge is 0.484 e. The second kappa shape index (κ2) is 14.3. The lowest BCUT2D eigenvalue weighted by molar-refractivity contribution is -0.157. The molecule has 0 saturated carbocycles. The summed E-state index contributed by atoms with van der Waals surface area (Å²) < 4.78 is 15.3. The molecule has 9 nitrogen and oxygen atoms in total. The van der Waals surface area contributed by atoms with Crippen molar-refractivity contribution in [1.82, 2.24) is 0 Å². The first kappa shape index (κ1) is 25.4. The minimum atomic E-state index is -1.82. The average molecular weight is 418 g/mol. The van der Waals surface area contributed by atoms with Crippen LogP contribution in [0.4, 0.5) is 0 Å². The molecule has 0 aliphatic carbocycles. The molecule has 0 aromatic heterocycles. The van der Waals surface area contributed by atoms with Crippen LogP contribution in [-0.4, -0.2) is 70.5 Å². The Morgan fingerprint density at radius 1 is 1.00 bits per heavy atom. The Balaban J connectivity index is 2.53. The highest BCUT2D eigenvalue weighted by molar-refractivity contribution is 5.90. The summed E-state index contributed by atoms with van der Waals surface area (Å²) in [7, 11) is 0. The van der Waals surface area contributed by atoms with E-state index in [4.69, 9.17) is 24.4 Å². The highest BCUT2D eigenvalue weighted by atomic mass is 16.6. The summed E-state index contributed by atoms with van der Waals surface area (Å²) in [6.07, 6.45) is 5.22. The molecule has 9 heteroatoms. The number of rotatable bonds is 16. The van der Waals surface area contributed by atoms with Crippen molar-refractivity contribution in [2.75, 3.05) is 19.8 Å². The van der Waals surface area contributed by atoms with Gasteiger partial charge in [-0.15, -0.1) is 0 Å². The second-order valence-corrected chi connectivity index (χ2v) is 7.07. The van der Waals surface area contributed by atoms with E-state index < -0.39 is 49.2 Å². The van der Waals surface area contributed by atoms with Gasteiger partial charge in [0.2, 0.25) is 11.5 Å². The maximum absolute atomic E-state index is 12.0. The van der Waals surface area contributed by atoms with Gasteiger partial charge >= 0.3 is 11.9 Å². The van der Waals surface area contributed by atoms with Gasteiger partial charge in [0.1, 0.15) is 6.10 Å². The van der Waals surface area contributed by atoms with Crippen LogP contribution >= 0.6 is 0 Å². The minimum absolute atomic E-state index is 0.186. The van der Waals surface area contributed by atoms with E-state index >= 15 is 0 Å². The summed E-state index contributed by atoms with van der Waals surface area (Å²) >= 11 is 0. The Hall–Kier alpha value is -1.68. The highest BCUT2D eigenvalue weighted by Crippen LogP contribution is 2.28. The first-order valence-electron chi connectivity index (χ1n) is 10.3. The van der Waals surface area contributed by atoms with Crippen molar-refractivity contribution in [1.29, 1.82) is 0 Å². The number of carbonyl (C=O) groups excluding carboxylic acids is 2. The van der Waals surface area contributed by atoms with Gasteiger partial charge in [-0.05, 0) is 6.42 Å². The molecule has 1 aliphatic heterocycles. The van der Waals surface area contributed by atoms with Crippen molar-refractivity contribution in [2.24, 2.45) is 0 Å². The number of cyclic esters (lactones) is 1. The molecule has 1 heterocycles. The molecule has 0 bridgehead atoms. The number of unbranched alkanes of at least 4 members (excludes halogenated alkanes) is 8. The van der Waals surface area contributed by atoms with Crippen LogP contribution in [0.25, 0.3) is 0 Å². The maximum Gasteiger partial charge on any atom is 0.378 e. The molecular formula is C20H34O9. The molecule has 3 atom stereocenters. The predicted octanol–water partition coefficient (Wildman–Crippen LogP) is 0.920. The van der Waals surface area contributed by atoms with Gasteiger partial charge in [0.25, 0.3) is 0 Å². The van der Waals surface area contributed by atoms with E-state index in [1.54, 1.807) is 0 Å². The van der Waals surface area contributed by atoms with E-state index in [0.717, 1.165) is 19.3 Å². The summed E-state index contributed by atoms with van der Waals surface area (Å²) in [6.45, 7) is 0.755. The second-order valence-electron chi connectivity index (χ2n) is 7.07. The third-order valence-electron chi connectivity index (χ3n) is 4.59. The van der Waals surface area contributed by atoms with Crippen molar-refractivity contribution < 1.29 is 44.2 Å². The summed E-state index contributed by atoms with van der Waals surface area (Å²) in [5.41, 5.74) is 0. The number of aliphatic hydroxyl groups excluding tert-OH is 4. The molecule has 1 aliphatic rings. The quantitative estimate of drug-likeness (QED) is 0.212. The molecule has 29 heavy (non-hydrogen) atoms. The smallest absolute Gasteiger partial charge is 0.378 e. The number of ether oxygens (including phenoxy) is 3. The number of hydrogen-bond acceptors (Lipinski definition) is 9. The summed E-state index contributed by atoms with van der Waals surface area (Å²) in [5.74, 6) is -2.94. The normalized spacial score (nSPS) is 18.5. The lowest BCUT2D eigenvalue weighted by Crippen LogP contribution is -2.35. The first-order valence-corrected chi connectivity index (χ1v) is 10.3. The van der Waals surface area contributed by atoms with Crippen LogP contribution in [0.2, 0.25) is 0 Å². The lowest BCUT2D eigenvalue weighted by Gasteiger charge is -2.18. The van der Waals surface area contributed by atoms with Crippen LogP contribution in [0.15, 0.2) is 11.5 Å². The van der Waals surface area contributed by atoms with Gasteiger partial charge in [0, 0.05) is 0 Å². The molecule has 0 aromatic carbocycles. The number of esters is 2. The Bertz CT molecular complexity index is 532. The predicted molar refractivity (Wildman–Crippen MR) is 102 cm³/mol. The molecule has 4 N–H and O–H groups in total. The maximum atomic E-state index is 12.0. The van der Waals surface area contributed by atoms with E-state index in [9.17, 15) is 19.8 Å². The molecule has 1 unspecified atom stereocenters. The highest BCUT2D eigenvalue weighted by Gasteiger charge is 2.43. The molecule has 0 aromatic rings. The fourth-order valence-corrected chi connectivity index (χ4v) is 2.87. The number of carbonyl (C=O) groups is 2. The SMILES string of the molecule is CCCCCCCCCCCOC1=C(OC(=O)C(O)CO)[C@@H]([C@@H](O)CO)OC1=O. The van der Waals surface area contributed by atoms with Crippen molar-refractivity contribution in [3.8, 4) is 0 Å². The monoisotopic (exact) mass is 418 g/mol. The number of aliphatic hydroxyl groups is 4. The molecule has 0 amide bonds.